The summed E-state index contributed by atoms with van der Waals surface area (Å²) in [7, 11) is 5.46. The van der Waals surface area contributed by atoms with Crippen molar-refractivity contribution in [1.82, 2.24) is 9.80 Å². The molecule has 0 radical (unpaired) electrons. The molecule has 13 nitrogen and oxygen atoms in total. The van der Waals surface area contributed by atoms with Crippen molar-refractivity contribution in [3.05, 3.63) is 48.0 Å². The zero-order valence-corrected chi connectivity index (χ0v) is 36.0. The Labute approximate surface area is 343 Å². The summed E-state index contributed by atoms with van der Waals surface area (Å²) < 4.78 is 37.6. The molecule has 0 saturated carbocycles. The van der Waals surface area contributed by atoms with Gasteiger partial charge in [0.1, 0.15) is 23.9 Å². The van der Waals surface area contributed by atoms with Gasteiger partial charge in [0.2, 0.25) is 0 Å². The fraction of sp³-hybridized carbons (Fsp3) is 0.644. The third-order valence-electron chi connectivity index (χ3n) is 13.1. The number of methoxy groups -OCH3 is 1. The molecule has 2 aromatic carbocycles. The van der Waals surface area contributed by atoms with E-state index < -0.39 is 71.5 Å². The summed E-state index contributed by atoms with van der Waals surface area (Å²) in [5, 5.41) is 13.8. The lowest BCUT2D eigenvalue weighted by Crippen LogP contribution is -2.60. The average Bonchev–Trinajstić information content (AvgIpc) is 3.31. The summed E-state index contributed by atoms with van der Waals surface area (Å²) in [4.78, 5) is 50.5. The van der Waals surface area contributed by atoms with Gasteiger partial charge in [0.25, 0.3) is 0 Å². The minimum atomic E-state index is -1.20. The lowest BCUT2D eigenvalue weighted by Gasteiger charge is -2.47. The van der Waals surface area contributed by atoms with E-state index in [-0.39, 0.29) is 30.6 Å². The summed E-state index contributed by atoms with van der Waals surface area (Å²) in [6, 6.07) is 11.4. The van der Waals surface area contributed by atoms with Crippen molar-refractivity contribution in [2.75, 3.05) is 40.9 Å². The minimum absolute atomic E-state index is 0.156. The minimum Gasteiger partial charge on any atom is -0.497 e. The highest BCUT2D eigenvalue weighted by Crippen LogP contribution is 2.43. The highest BCUT2D eigenvalue weighted by molar-refractivity contribution is 6.00. The normalized spacial score (nSPS) is 37.7. The number of cyclic esters (lactones) is 1. The highest BCUT2D eigenvalue weighted by atomic mass is 16.7. The molecule has 4 aliphatic heterocycles. The Bertz CT molecular complexity index is 1900. The molecule has 2 aromatic rings. The number of aliphatic imine (C=N–C) groups is 1. The van der Waals surface area contributed by atoms with Gasteiger partial charge in [-0.2, -0.15) is 0 Å². The second-order valence-corrected chi connectivity index (χ2v) is 17.5. The van der Waals surface area contributed by atoms with Crippen molar-refractivity contribution in [2.45, 2.75) is 122 Å². The molecule has 3 fully saturated rings. The molecule has 6 rings (SSSR count). The Hall–Kier alpha value is -3.88. The molecule has 2 bridgehead atoms. The number of hydrogen-bond acceptors (Lipinski definition) is 12. The number of ketones is 1. The smallest absolute Gasteiger partial charge is 0.410 e. The van der Waals surface area contributed by atoms with Crippen LogP contribution < -0.4 is 4.74 Å². The molecule has 0 aromatic heterocycles. The molecule has 0 spiro atoms. The maximum atomic E-state index is 14.5. The van der Waals surface area contributed by atoms with Gasteiger partial charge in [-0.3, -0.25) is 19.5 Å². The molecule has 1 unspecified atom stereocenters. The quantitative estimate of drug-likeness (QED) is 0.250. The molecule has 1 amide bonds. The van der Waals surface area contributed by atoms with Crippen LogP contribution in [0, 0.1) is 23.7 Å². The van der Waals surface area contributed by atoms with Crippen LogP contribution >= 0.6 is 0 Å². The number of hydrogen-bond donors (Lipinski definition) is 1. The lowest BCUT2D eigenvalue weighted by atomic mass is 9.73. The first-order valence-electron chi connectivity index (χ1n) is 20.7. The van der Waals surface area contributed by atoms with Gasteiger partial charge in [0.05, 0.1) is 44.1 Å². The monoisotopic (exact) mass is 805 g/mol. The van der Waals surface area contributed by atoms with Crippen LogP contribution in [-0.4, -0.2) is 133 Å². The maximum Gasteiger partial charge on any atom is 0.410 e. The molecule has 13 heteroatoms. The molecular weight excluding hydrogens is 743 g/mol. The summed E-state index contributed by atoms with van der Waals surface area (Å²) in [6.07, 6.45) is 0.166. The van der Waals surface area contributed by atoms with Gasteiger partial charge in [0.15, 0.2) is 17.7 Å². The number of rotatable bonds is 8. The lowest BCUT2D eigenvalue weighted by molar-refractivity contribution is -0.296. The van der Waals surface area contributed by atoms with Gasteiger partial charge in [-0.25, -0.2) is 4.79 Å². The number of aliphatic hydroxyl groups is 1. The SMILES string of the molecule is COc1ccc2cc(/C=C/CO[C@@]3(C)C[C@@H](C)C4=NCCN5C(=O)O[C@](C)([C@H](C)OC(=O)[C@H](C)C(=O)[C@H](C)[C@H]3O[C@H]3O[C@@H](C)C[C@@H](N(C)C)C3O)[C@H]5[C@@H]4C)ccc2c1. The largest absolute Gasteiger partial charge is 0.497 e. The van der Waals surface area contributed by atoms with Gasteiger partial charge >= 0.3 is 12.1 Å². The first-order chi connectivity index (χ1) is 27.4. The Morgan fingerprint density at radius 3 is 2.41 bits per heavy atom. The van der Waals surface area contributed by atoms with E-state index in [1.165, 1.54) is 6.92 Å². The molecule has 13 atom stereocenters. The van der Waals surface area contributed by atoms with E-state index in [1.807, 2.05) is 82.3 Å². The number of fused-ring (bicyclic) bond motifs is 2. The van der Waals surface area contributed by atoms with Crippen LogP contribution in [0.1, 0.15) is 73.8 Å². The van der Waals surface area contributed by atoms with Crippen LogP contribution in [0.25, 0.3) is 16.8 Å². The van der Waals surface area contributed by atoms with E-state index >= 15 is 0 Å². The maximum absolute atomic E-state index is 14.5. The Morgan fingerprint density at radius 1 is 1.00 bits per heavy atom. The third kappa shape index (κ3) is 8.56. The second kappa shape index (κ2) is 17.4. The van der Waals surface area contributed by atoms with Gasteiger partial charge in [-0.05, 0) is 102 Å². The van der Waals surface area contributed by atoms with Gasteiger partial charge in [-0.1, -0.05) is 51.1 Å². The van der Waals surface area contributed by atoms with Gasteiger partial charge < -0.3 is 38.4 Å². The Balaban J connectivity index is 1.40. The summed E-state index contributed by atoms with van der Waals surface area (Å²) >= 11 is 0. The highest BCUT2D eigenvalue weighted by Gasteiger charge is 2.60. The van der Waals surface area contributed by atoms with Crippen LogP contribution in [0.2, 0.25) is 0 Å². The number of ether oxygens (including phenoxy) is 6. The van der Waals surface area contributed by atoms with Crippen LogP contribution in [0.4, 0.5) is 4.79 Å². The summed E-state index contributed by atoms with van der Waals surface area (Å²) in [6.45, 7) is 15.6. The molecule has 1 N–H and O–H groups in total. The van der Waals surface area contributed by atoms with E-state index in [9.17, 15) is 19.5 Å². The molecule has 3 saturated heterocycles. The van der Waals surface area contributed by atoms with Crippen molar-refractivity contribution in [2.24, 2.45) is 28.7 Å². The number of Topliss-reactive ketones (excluding diaryl/α,β-unsaturated/α-hetero) is 1. The topological polar surface area (TPSA) is 146 Å². The van der Waals surface area contributed by atoms with Crippen LogP contribution in [-0.2, 0) is 33.3 Å². The van der Waals surface area contributed by atoms with E-state index in [0.29, 0.717) is 25.9 Å². The van der Waals surface area contributed by atoms with E-state index in [4.69, 9.17) is 33.4 Å². The second-order valence-electron chi connectivity index (χ2n) is 17.5. The first-order valence-corrected chi connectivity index (χ1v) is 20.7. The third-order valence-corrected chi connectivity index (χ3v) is 13.1. The molecule has 58 heavy (non-hydrogen) atoms. The van der Waals surface area contributed by atoms with Crippen LogP contribution in [0.3, 0.4) is 0 Å². The molecule has 4 aliphatic rings. The number of esters is 1. The number of carbonyl (C=O) groups excluding carboxylic acids is 3. The van der Waals surface area contributed by atoms with Crippen molar-refractivity contribution in [3.8, 4) is 5.75 Å². The molecule has 0 aliphatic carbocycles. The number of benzene rings is 2. The van der Waals surface area contributed by atoms with E-state index in [1.54, 1.807) is 32.8 Å². The zero-order chi connectivity index (χ0) is 42.3. The summed E-state index contributed by atoms with van der Waals surface area (Å²) in [5.41, 5.74) is -0.549. The van der Waals surface area contributed by atoms with Crippen molar-refractivity contribution >= 4 is 40.4 Å². The number of nitrogens with zero attached hydrogens (tertiary/aromatic N) is 3. The Kier molecular flexibility index (Phi) is 13.1. The average molecular weight is 806 g/mol. The number of likely N-dealkylation sites (N-methyl/N-ethyl adjacent to an activating group) is 1. The van der Waals surface area contributed by atoms with Gasteiger partial charge in [-0.15, -0.1) is 0 Å². The van der Waals surface area contributed by atoms with Crippen LogP contribution in [0.5, 0.6) is 5.75 Å². The predicted octanol–water partition coefficient (Wildman–Crippen LogP) is 5.93. The van der Waals surface area contributed by atoms with Crippen molar-refractivity contribution in [1.29, 1.82) is 0 Å². The van der Waals surface area contributed by atoms with Crippen LogP contribution in [0.15, 0.2) is 47.5 Å². The summed E-state index contributed by atoms with van der Waals surface area (Å²) in [5.74, 6) is -2.96. The number of amides is 1. The van der Waals surface area contributed by atoms with Crippen molar-refractivity contribution < 1.29 is 47.9 Å². The molecule has 318 valence electrons. The Morgan fingerprint density at radius 2 is 1.71 bits per heavy atom. The molecular formula is C45H63N3O10. The number of aliphatic hydroxyl groups excluding tert-OH is 1. The first kappa shape index (κ1) is 43.7. The standard InChI is InChI=1S/C45H63N3O10/c1-25-24-44(7,54-20-12-13-31-14-15-33-23-34(53-11)17-16-32(33)22-31)40(57-42-38(50)35(47(9)10)21-26(2)55-42)28(4)37(49)29(5)41(51)56-30(6)45(8)39-27(3)36(25)46-18-19-48(39)43(52)58-45/h12-17,22-23,25-30,35,38-40,42,50H,18-21,24H2,1-11H3/b13-12+/t25-,26+,27-,28+,29-,30+,35-,38?,39-,40-,42-,44+,45-/m1/s1. The number of carbonyl (C=O) groups is 3. The zero-order valence-electron chi connectivity index (χ0n) is 36.0. The predicted molar refractivity (Wildman–Crippen MR) is 221 cm³/mol. The fourth-order valence-corrected chi connectivity index (χ4v) is 9.76. The van der Waals surface area contributed by atoms with Crippen molar-refractivity contribution in [3.63, 3.8) is 0 Å². The fourth-order valence-electron chi connectivity index (χ4n) is 9.76. The van der Waals surface area contributed by atoms with E-state index in [2.05, 4.69) is 13.0 Å². The van der Waals surface area contributed by atoms with Gasteiger partial charge in [0, 0.05) is 30.1 Å². The molecule has 4 heterocycles. The van der Waals surface area contributed by atoms with E-state index in [0.717, 1.165) is 27.8 Å².